The van der Waals surface area contributed by atoms with Gasteiger partial charge in [0.1, 0.15) is 11.6 Å². The number of nitrogens with one attached hydrogen (secondary N) is 1. The van der Waals surface area contributed by atoms with Crippen LogP contribution in [-0.4, -0.2) is 32.6 Å². The van der Waals surface area contributed by atoms with Crippen LogP contribution < -0.4 is 5.32 Å². The molecule has 1 heterocycles. The minimum Gasteiger partial charge on any atom is -0.322 e. The highest BCUT2D eigenvalue weighted by molar-refractivity contribution is 6.04. The molecule has 1 N–H and O–H groups in total. The molecule has 0 fully saturated rings. The van der Waals surface area contributed by atoms with Gasteiger partial charge in [0.2, 0.25) is 0 Å². The SMILES string of the molecule is Cc1nnc(CN(C)C(C)c2cccc(NC(=O)c3ccccc3)c2)n1C. The Morgan fingerprint density at radius 1 is 1.15 bits per heavy atom. The van der Waals surface area contributed by atoms with Crippen molar-refractivity contribution in [1.29, 1.82) is 0 Å². The summed E-state index contributed by atoms with van der Waals surface area (Å²) in [6.07, 6.45) is 0. The smallest absolute Gasteiger partial charge is 0.255 e. The van der Waals surface area contributed by atoms with Crippen LogP contribution in [0.4, 0.5) is 5.69 Å². The first-order valence-electron chi connectivity index (χ1n) is 8.97. The van der Waals surface area contributed by atoms with Gasteiger partial charge in [-0.05, 0) is 50.7 Å². The first-order chi connectivity index (χ1) is 13.0. The van der Waals surface area contributed by atoms with Crippen molar-refractivity contribution in [2.75, 3.05) is 12.4 Å². The van der Waals surface area contributed by atoms with Crippen LogP contribution in [0.3, 0.4) is 0 Å². The van der Waals surface area contributed by atoms with E-state index in [9.17, 15) is 4.79 Å². The third-order valence-electron chi connectivity index (χ3n) is 4.90. The number of amides is 1. The Morgan fingerprint density at radius 2 is 1.89 bits per heavy atom. The van der Waals surface area contributed by atoms with Crippen molar-refractivity contribution in [1.82, 2.24) is 19.7 Å². The van der Waals surface area contributed by atoms with Crippen LogP contribution in [0.15, 0.2) is 54.6 Å². The van der Waals surface area contributed by atoms with Gasteiger partial charge < -0.3 is 9.88 Å². The molecule has 2 aromatic carbocycles. The van der Waals surface area contributed by atoms with E-state index in [0.717, 1.165) is 22.9 Å². The predicted octanol–water partition coefficient (Wildman–Crippen LogP) is 3.57. The lowest BCUT2D eigenvalue weighted by Gasteiger charge is -2.25. The zero-order chi connectivity index (χ0) is 19.4. The molecule has 1 atom stereocenters. The van der Waals surface area contributed by atoms with Gasteiger partial charge in [0, 0.05) is 24.3 Å². The van der Waals surface area contributed by atoms with E-state index < -0.39 is 0 Å². The van der Waals surface area contributed by atoms with Gasteiger partial charge in [-0.15, -0.1) is 10.2 Å². The second-order valence-corrected chi connectivity index (χ2v) is 6.76. The maximum absolute atomic E-state index is 12.4. The van der Waals surface area contributed by atoms with Gasteiger partial charge in [-0.2, -0.15) is 0 Å². The highest BCUT2D eigenvalue weighted by atomic mass is 16.1. The van der Waals surface area contributed by atoms with Crippen molar-refractivity contribution in [3.8, 4) is 0 Å². The number of carbonyl (C=O) groups is 1. The van der Waals surface area contributed by atoms with Gasteiger partial charge in [-0.3, -0.25) is 9.69 Å². The quantitative estimate of drug-likeness (QED) is 0.727. The number of aromatic nitrogens is 3. The average Bonchev–Trinajstić information content (AvgIpc) is 3.00. The Hall–Kier alpha value is -2.99. The van der Waals surface area contributed by atoms with Crippen LogP contribution in [0.1, 0.15) is 40.5 Å². The van der Waals surface area contributed by atoms with Crippen LogP contribution in [0.25, 0.3) is 0 Å². The molecule has 3 aromatic rings. The first-order valence-corrected chi connectivity index (χ1v) is 8.97. The minimum atomic E-state index is -0.108. The zero-order valence-electron chi connectivity index (χ0n) is 16.2. The van der Waals surface area contributed by atoms with Crippen molar-refractivity contribution in [2.45, 2.75) is 26.4 Å². The summed E-state index contributed by atoms with van der Waals surface area (Å²) in [6.45, 7) is 4.78. The number of benzene rings is 2. The lowest BCUT2D eigenvalue weighted by Crippen LogP contribution is -2.24. The zero-order valence-corrected chi connectivity index (χ0v) is 16.2. The molecule has 1 amide bonds. The number of hydrogen-bond acceptors (Lipinski definition) is 4. The van der Waals surface area contributed by atoms with E-state index in [1.807, 2.05) is 54.9 Å². The van der Waals surface area contributed by atoms with E-state index in [0.29, 0.717) is 12.1 Å². The standard InChI is InChI=1S/C21H25N5O/c1-15(25(3)14-20-24-23-16(2)26(20)4)18-11-8-12-19(13-18)22-21(27)17-9-6-5-7-10-17/h5-13,15H,14H2,1-4H3,(H,22,27). The summed E-state index contributed by atoms with van der Waals surface area (Å²) in [7, 11) is 4.03. The number of carbonyl (C=O) groups excluding carboxylic acids is 1. The Morgan fingerprint density at radius 3 is 2.56 bits per heavy atom. The summed E-state index contributed by atoms with van der Waals surface area (Å²) in [5.41, 5.74) is 2.56. The van der Waals surface area contributed by atoms with E-state index in [-0.39, 0.29) is 11.9 Å². The lowest BCUT2D eigenvalue weighted by atomic mass is 10.1. The molecule has 27 heavy (non-hydrogen) atoms. The number of hydrogen-bond donors (Lipinski definition) is 1. The molecule has 0 radical (unpaired) electrons. The van der Waals surface area contributed by atoms with Crippen LogP contribution in [0.2, 0.25) is 0 Å². The molecule has 1 aromatic heterocycles. The fourth-order valence-electron chi connectivity index (χ4n) is 2.87. The maximum atomic E-state index is 12.4. The topological polar surface area (TPSA) is 63.1 Å². The largest absolute Gasteiger partial charge is 0.322 e. The third kappa shape index (κ3) is 4.41. The minimum absolute atomic E-state index is 0.108. The molecule has 0 bridgehead atoms. The number of aryl methyl sites for hydroxylation is 1. The monoisotopic (exact) mass is 363 g/mol. The molecule has 0 spiro atoms. The van der Waals surface area contributed by atoms with Crippen LogP contribution >= 0.6 is 0 Å². The summed E-state index contributed by atoms with van der Waals surface area (Å²) in [4.78, 5) is 14.6. The predicted molar refractivity (Wildman–Crippen MR) is 106 cm³/mol. The third-order valence-corrected chi connectivity index (χ3v) is 4.90. The van der Waals surface area contributed by atoms with Crippen LogP contribution in [0.5, 0.6) is 0 Å². The van der Waals surface area contributed by atoms with Crippen molar-refractivity contribution >= 4 is 11.6 Å². The Balaban J connectivity index is 1.70. The van der Waals surface area contributed by atoms with Gasteiger partial charge in [-0.25, -0.2) is 0 Å². The fraction of sp³-hybridized carbons (Fsp3) is 0.286. The molecule has 0 aliphatic rings. The average molecular weight is 363 g/mol. The number of anilines is 1. The summed E-state index contributed by atoms with van der Waals surface area (Å²) in [5.74, 6) is 1.72. The Kier molecular flexibility index (Phi) is 5.66. The van der Waals surface area contributed by atoms with Crippen molar-refractivity contribution < 1.29 is 4.79 Å². The highest BCUT2D eigenvalue weighted by Crippen LogP contribution is 2.23. The molecule has 0 saturated heterocycles. The number of rotatable bonds is 6. The van der Waals surface area contributed by atoms with Crippen LogP contribution in [-0.2, 0) is 13.6 Å². The normalized spacial score (nSPS) is 12.2. The molecular weight excluding hydrogens is 338 g/mol. The number of nitrogens with zero attached hydrogens (tertiary/aromatic N) is 4. The molecule has 3 rings (SSSR count). The molecule has 0 aliphatic carbocycles. The second-order valence-electron chi connectivity index (χ2n) is 6.76. The molecule has 6 heteroatoms. The second kappa shape index (κ2) is 8.14. The first kappa shape index (κ1) is 18.8. The summed E-state index contributed by atoms with van der Waals surface area (Å²) in [5, 5.41) is 11.3. The molecular formula is C21H25N5O. The summed E-state index contributed by atoms with van der Waals surface area (Å²) >= 11 is 0. The summed E-state index contributed by atoms with van der Waals surface area (Å²) < 4.78 is 2.00. The Bertz CT molecular complexity index is 919. The maximum Gasteiger partial charge on any atom is 0.255 e. The van der Waals surface area contributed by atoms with Gasteiger partial charge in [-0.1, -0.05) is 30.3 Å². The van der Waals surface area contributed by atoms with E-state index in [2.05, 4.69) is 40.5 Å². The van der Waals surface area contributed by atoms with Crippen LogP contribution in [0, 0.1) is 6.92 Å². The Labute approximate surface area is 159 Å². The summed E-state index contributed by atoms with van der Waals surface area (Å²) in [6, 6.07) is 17.3. The van der Waals surface area contributed by atoms with Crippen molar-refractivity contribution in [2.24, 2.45) is 7.05 Å². The van der Waals surface area contributed by atoms with E-state index in [1.54, 1.807) is 12.1 Å². The lowest BCUT2D eigenvalue weighted by molar-refractivity contribution is 0.102. The van der Waals surface area contributed by atoms with Gasteiger partial charge in [0.05, 0.1) is 6.54 Å². The molecule has 0 aliphatic heterocycles. The van der Waals surface area contributed by atoms with Gasteiger partial charge in [0.15, 0.2) is 0 Å². The molecule has 6 nitrogen and oxygen atoms in total. The molecule has 140 valence electrons. The van der Waals surface area contributed by atoms with Crippen molar-refractivity contribution in [3.05, 3.63) is 77.4 Å². The highest BCUT2D eigenvalue weighted by Gasteiger charge is 2.16. The molecule has 1 unspecified atom stereocenters. The van der Waals surface area contributed by atoms with Gasteiger partial charge >= 0.3 is 0 Å². The van der Waals surface area contributed by atoms with E-state index in [4.69, 9.17) is 0 Å². The van der Waals surface area contributed by atoms with Crippen molar-refractivity contribution in [3.63, 3.8) is 0 Å². The fourth-order valence-corrected chi connectivity index (χ4v) is 2.87. The van der Waals surface area contributed by atoms with E-state index in [1.165, 1.54) is 0 Å². The van der Waals surface area contributed by atoms with E-state index >= 15 is 0 Å². The van der Waals surface area contributed by atoms with Gasteiger partial charge in [0.25, 0.3) is 5.91 Å². The molecule has 0 saturated carbocycles.